The van der Waals surface area contributed by atoms with E-state index in [0.29, 0.717) is 6.61 Å². The Labute approximate surface area is 137 Å². The minimum atomic E-state index is -0.228. The minimum absolute atomic E-state index is 0.124. The van der Waals surface area contributed by atoms with Crippen LogP contribution >= 0.6 is 0 Å². The Morgan fingerprint density at radius 1 is 1.09 bits per heavy atom. The topological polar surface area (TPSA) is 29.5 Å². The van der Waals surface area contributed by atoms with Gasteiger partial charge >= 0.3 is 6.09 Å². The van der Waals surface area contributed by atoms with Gasteiger partial charge in [0, 0.05) is 6.54 Å². The number of likely N-dealkylation sites (tertiary alicyclic amines) is 1. The number of ether oxygens (including phenoxy) is 1. The molecule has 0 N–H and O–H groups in total. The molecule has 0 radical (unpaired) electrons. The minimum Gasteiger partial charge on any atom is -0.445 e. The third kappa shape index (κ3) is 4.22. The first kappa shape index (κ1) is 15.3. The van der Waals surface area contributed by atoms with E-state index in [2.05, 4.69) is 24.3 Å². The Morgan fingerprint density at radius 3 is 2.52 bits per heavy atom. The summed E-state index contributed by atoms with van der Waals surface area (Å²) in [7, 11) is 0. The van der Waals surface area contributed by atoms with Crippen molar-refractivity contribution in [2.75, 3.05) is 6.54 Å². The van der Waals surface area contributed by atoms with E-state index in [9.17, 15) is 4.79 Å². The highest BCUT2D eigenvalue weighted by molar-refractivity contribution is 5.69. The summed E-state index contributed by atoms with van der Waals surface area (Å²) < 4.78 is 5.45. The first-order valence-corrected chi connectivity index (χ1v) is 8.03. The molecule has 2 aromatic carbocycles. The summed E-state index contributed by atoms with van der Waals surface area (Å²) in [6.45, 7) is 1.09. The number of benzene rings is 2. The second-order valence-electron chi connectivity index (χ2n) is 5.71. The van der Waals surface area contributed by atoms with Crippen molar-refractivity contribution in [3.05, 3.63) is 77.9 Å². The summed E-state index contributed by atoms with van der Waals surface area (Å²) in [6.07, 6.45) is 5.96. The first-order valence-electron chi connectivity index (χ1n) is 8.03. The summed E-state index contributed by atoms with van der Waals surface area (Å²) in [5.74, 6) is 0. The zero-order valence-corrected chi connectivity index (χ0v) is 13.1. The van der Waals surface area contributed by atoms with Gasteiger partial charge in [-0.05, 0) is 24.0 Å². The van der Waals surface area contributed by atoms with E-state index in [0.717, 1.165) is 30.5 Å². The Morgan fingerprint density at radius 2 is 1.78 bits per heavy atom. The number of hydrogen-bond acceptors (Lipinski definition) is 2. The van der Waals surface area contributed by atoms with Crippen LogP contribution in [0.4, 0.5) is 4.79 Å². The van der Waals surface area contributed by atoms with Crippen molar-refractivity contribution in [1.29, 1.82) is 0 Å². The van der Waals surface area contributed by atoms with Crippen molar-refractivity contribution in [3.8, 4) is 0 Å². The predicted molar refractivity (Wildman–Crippen MR) is 91.8 cm³/mol. The van der Waals surface area contributed by atoms with Crippen molar-refractivity contribution >= 4 is 12.2 Å². The first-order chi connectivity index (χ1) is 11.3. The van der Waals surface area contributed by atoms with Crippen LogP contribution in [-0.4, -0.2) is 23.6 Å². The van der Waals surface area contributed by atoms with E-state index in [4.69, 9.17) is 4.74 Å². The van der Waals surface area contributed by atoms with E-state index in [1.54, 1.807) is 0 Å². The number of nitrogens with zero attached hydrogens (tertiary/aromatic N) is 1. The molecule has 1 aliphatic rings. The molecule has 3 nitrogen and oxygen atoms in total. The fourth-order valence-electron chi connectivity index (χ4n) is 2.81. The molecule has 3 heteroatoms. The quantitative estimate of drug-likeness (QED) is 0.832. The third-order valence-corrected chi connectivity index (χ3v) is 4.05. The van der Waals surface area contributed by atoms with E-state index in [1.165, 1.54) is 0 Å². The molecule has 1 fully saturated rings. The van der Waals surface area contributed by atoms with E-state index < -0.39 is 0 Å². The van der Waals surface area contributed by atoms with E-state index >= 15 is 0 Å². The molecule has 0 spiro atoms. The Balaban J connectivity index is 1.57. The summed E-state index contributed by atoms with van der Waals surface area (Å²) in [4.78, 5) is 14.1. The molecule has 1 unspecified atom stereocenters. The van der Waals surface area contributed by atoms with Crippen LogP contribution < -0.4 is 0 Å². The molecule has 0 aliphatic carbocycles. The standard InChI is InChI=1S/C20H21NO2/c22-20(23-16-18-10-5-2-6-11-18)21-15-7-12-19(21)14-13-17-8-3-1-4-9-17/h1-6,8-11,13-14,19H,7,12,15-16H2/b14-13+. The lowest BCUT2D eigenvalue weighted by Gasteiger charge is -2.21. The second-order valence-corrected chi connectivity index (χ2v) is 5.71. The van der Waals surface area contributed by atoms with Gasteiger partial charge in [0.05, 0.1) is 6.04 Å². The molecule has 2 aromatic rings. The Hall–Kier alpha value is -2.55. The van der Waals surface area contributed by atoms with Gasteiger partial charge in [-0.1, -0.05) is 72.8 Å². The van der Waals surface area contributed by atoms with E-state index in [-0.39, 0.29) is 12.1 Å². The van der Waals surface area contributed by atoms with Crippen molar-refractivity contribution in [2.24, 2.45) is 0 Å². The van der Waals surface area contributed by atoms with Gasteiger partial charge in [-0.25, -0.2) is 4.79 Å². The van der Waals surface area contributed by atoms with Crippen LogP contribution in [-0.2, 0) is 11.3 Å². The maximum absolute atomic E-state index is 12.3. The zero-order valence-electron chi connectivity index (χ0n) is 13.1. The van der Waals surface area contributed by atoms with Crippen LogP contribution in [0.3, 0.4) is 0 Å². The molecule has 1 heterocycles. The number of hydrogen-bond donors (Lipinski definition) is 0. The van der Waals surface area contributed by atoms with Gasteiger partial charge in [0.1, 0.15) is 6.61 Å². The summed E-state index contributed by atoms with van der Waals surface area (Å²) in [5.41, 5.74) is 2.16. The van der Waals surface area contributed by atoms with Gasteiger partial charge in [0.2, 0.25) is 0 Å². The lowest BCUT2D eigenvalue weighted by atomic mass is 10.1. The molecule has 1 atom stereocenters. The van der Waals surface area contributed by atoms with Crippen LogP contribution in [0.15, 0.2) is 66.7 Å². The number of amides is 1. The molecule has 23 heavy (non-hydrogen) atoms. The molecule has 1 saturated heterocycles. The van der Waals surface area contributed by atoms with Crippen LogP contribution in [0.5, 0.6) is 0 Å². The molecule has 0 aromatic heterocycles. The highest BCUT2D eigenvalue weighted by atomic mass is 16.6. The van der Waals surface area contributed by atoms with Gasteiger partial charge in [0.25, 0.3) is 0 Å². The van der Waals surface area contributed by atoms with E-state index in [1.807, 2.05) is 53.4 Å². The fraction of sp³-hybridized carbons (Fsp3) is 0.250. The van der Waals surface area contributed by atoms with Crippen molar-refractivity contribution in [3.63, 3.8) is 0 Å². The highest BCUT2D eigenvalue weighted by Gasteiger charge is 2.27. The molecule has 3 rings (SSSR count). The predicted octanol–water partition coefficient (Wildman–Crippen LogP) is 4.50. The van der Waals surface area contributed by atoms with Crippen LogP contribution in [0.1, 0.15) is 24.0 Å². The second kappa shape index (κ2) is 7.63. The third-order valence-electron chi connectivity index (χ3n) is 4.05. The lowest BCUT2D eigenvalue weighted by Crippen LogP contribution is -2.34. The van der Waals surface area contributed by atoms with Gasteiger partial charge in [0.15, 0.2) is 0 Å². The number of carbonyl (C=O) groups excluding carboxylic acids is 1. The average molecular weight is 307 g/mol. The molecule has 0 saturated carbocycles. The van der Waals surface area contributed by atoms with Crippen LogP contribution in [0.25, 0.3) is 6.08 Å². The highest BCUT2D eigenvalue weighted by Crippen LogP contribution is 2.21. The van der Waals surface area contributed by atoms with Gasteiger partial charge in [-0.2, -0.15) is 0 Å². The maximum Gasteiger partial charge on any atom is 0.410 e. The average Bonchev–Trinajstić information content (AvgIpc) is 3.08. The van der Waals surface area contributed by atoms with Crippen molar-refractivity contribution in [1.82, 2.24) is 4.90 Å². The summed E-state index contributed by atoms with van der Waals surface area (Å²) in [5, 5.41) is 0. The lowest BCUT2D eigenvalue weighted by molar-refractivity contribution is 0.0976. The molecular weight excluding hydrogens is 286 g/mol. The van der Waals surface area contributed by atoms with Crippen LogP contribution in [0.2, 0.25) is 0 Å². The molecule has 1 amide bonds. The Kier molecular flexibility index (Phi) is 5.09. The maximum atomic E-state index is 12.3. The SMILES string of the molecule is O=C(OCc1ccccc1)N1CCCC1/C=C/c1ccccc1. The number of carbonyl (C=O) groups is 1. The molecule has 0 bridgehead atoms. The largest absolute Gasteiger partial charge is 0.445 e. The fourth-order valence-corrected chi connectivity index (χ4v) is 2.81. The molecular formula is C20H21NO2. The Bertz CT molecular complexity index is 652. The van der Waals surface area contributed by atoms with Gasteiger partial charge in [-0.15, -0.1) is 0 Å². The normalized spacial score (nSPS) is 17.6. The summed E-state index contributed by atoms with van der Waals surface area (Å²) in [6, 6.07) is 20.0. The number of rotatable bonds is 4. The zero-order chi connectivity index (χ0) is 15.9. The van der Waals surface area contributed by atoms with Crippen molar-refractivity contribution in [2.45, 2.75) is 25.5 Å². The van der Waals surface area contributed by atoms with Gasteiger partial charge < -0.3 is 9.64 Å². The monoisotopic (exact) mass is 307 g/mol. The van der Waals surface area contributed by atoms with Crippen LogP contribution in [0, 0.1) is 0 Å². The smallest absolute Gasteiger partial charge is 0.410 e. The molecule has 1 aliphatic heterocycles. The summed E-state index contributed by atoms with van der Waals surface area (Å²) >= 11 is 0. The molecule has 118 valence electrons. The van der Waals surface area contributed by atoms with Crippen molar-refractivity contribution < 1.29 is 9.53 Å². The van der Waals surface area contributed by atoms with Gasteiger partial charge in [-0.3, -0.25) is 0 Å².